The summed E-state index contributed by atoms with van der Waals surface area (Å²) < 4.78 is 26.1. The van der Waals surface area contributed by atoms with Crippen LogP contribution in [0.2, 0.25) is 0 Å². The molecule has 0 saturated heterocycles. The van der Waals surface area contributed by atoms with Gasteiger partial charge in [0.25, 0.3) is 5.92 Å². The van der Waals surface area contributed by atoms with Crippen molar-refractivity contribution < 1.29 is 18.7 Å². The first-order valence-corrected chi connectivity index (χ1v) is 3.65. The van der Waals surface area contributed by atoms with Crippen LogP contribution in [0, 0.1) is 0 Å². The van der Waals surface area contributed by atoms with E-state index in [1.807, 2.05) is 0 Å². The first kappa shape index (κ1) is 9.70. The molecule has 0 saturated carbocycles. The fraction of sp³-hybridized carbons (Fsp3) is 0.375. The second-order valence-electron chi connectivity index (χ2n) is 2.95. The van der Waals surface area contributed by atoms with Gasteiger partial charge in [-0.2, -0.15) is 0 Å². The number of aromatic nitrogens is 1. The van der Waals surface area contributed by atoms with E-state index >= 15 is 0 Å². The Kier molecular flexibility index (Phi) is 2.36. The van der Waals surface area contributed by atoms with Crippen LogP contribution in [-0.4, -0.2) is 21.6 Å². The largest absolute Gasteiger partial charge is 0.478 e. The molecule has 0 atom stereocenters. The summed E-state index contributed by atoms with van der Waals surface area (Å²) in [6.45, 7) is 0.285. The quantitative estimate of drug-likeness (QED) is 0.788. The number of carbonyl (C=O) groups is 1. The first-order valence-electron chi connectivity index (χ1n) is 3.65. The summed E-state index contributed by atoms with van der Waals surface area (Å²) in [4.78, 5) is 10.4. The number of carboxylic acid groups (broad SMARTS) is 1. The molecule has 0 aliphatic carbocycles. The van der Waals surface area contributed by atoms with Gasteiger partial charge in [0, 0.05) is 19.3 Å². The van der Waals surface area contributed by atoms with Crippen molar-refractivity contribution in [2.75, 3.05) is 0 Å². The van der Waals surface area contributed by atoms with Gasteiger partial charge in [0.1, 0.15) is 0 Å². The molecule has 0 aromatic carbocycles. The third kappa shape index (κ3) is 2.85. The Hall–Kier alpha value is -1.39. The van der Waals surface area contributed by atoms with Crippen LogP contribution in [0.4, 0.5) is 8.78 Å². The van der Waals surface area contributed by atoms with E-state index in [0.717, 1.165) is 11.5 Å². The topological polar surface area (TPSA) is 42.2 Å². The SMILES string of the molecule is CC(F)(F)Cn1ccc(C(=O)O)c1. The van der Waals surface area contributed by atoms with E-state index in [9.17, 15) is 13.6 Å². The van der Waals surface area contributed by atoms with Crippen LogP contribution in [0.15, 0.2) is 18.5 Å². The molecular formula is C8H9F2NO2. The van der Waals surface area contributed by atoms with Crippen LogP contribution < -0.4 is 0 Å². The molecule has 0 aliphatic rings. The van der Waals surface area contributed by atoms with Crippen molar-refractivity contribution in [2.45, 2.75) is 19.4 Å². The second kappa shape index (κ2) is 3.16. The van der Waals surface area contributed by atoms with Gasteiger partial charge in [-0.15, -0.1) is 0 Å². The maximum absolute atomic E-state index is 12.5. The van der Waals surface area contributed by atoms with Gasteiger partial charge in [-0.25, -0.2) is 13.6 Å². The number of halogens is 2. The lowest BCUT2D eigenvalue weighted by Crippen LogP contribution is -2.18. The van der Waals surface area contributed by atoms with Crippen LogP contribution in [0.1, 0.15) is 17.3 Å². The number of rotatable bonds is 3. The molecule has 0 spiro atoms. The first-order chi connectivity index (χ1) is 5.88. The molecule has 0 bridgehead atoms. The van der Waals surface area contributed by atoms with Crippen LogP contribution in [0.25, 0.3) is 0 Å². The van der Waals surface area contributed by atoms with Gasteiger partial charge in [0.2, 0.25) is 0 Å². The number of hydrogen-bond donors (Lipinski definition) is 1. The van der Waals surface area contributed by atoms with Crippen molar-refractivity contribution in [3.8, 4) is 0 Å². The third-order valence-corrected chi connectivity index (χ3v) is 1.46. The molecule has 1 rings (SSSR count). The average Bonchev–Trinajstić information content (AvgIpc) is 2.31. The Morgan fingerprint density at radius 3 is 2.69 bits per heavy atom. The predicted octanol–water partition coefficient (Wildman–Crippen LogP) is 1.84. The summed E-state index contributed by atoms with van der Waals surface area (Å²) in [6, 6.07) is 1.29. The Labute approximate surface area is 73.6 Å². The van der Waals surface area contributed by atoms with Crippen LogP contribution in [-0.2, 0) is 6.54 Å². The summed E-state index contributed by atoms with van der Waals surface area (Å²) in [5, 5.41) is 8.50. The molecule has 0 fully saturated rings. The third-order valence-electron chi connectivity index (χ3n) is 1.46. The van der Waals surface area contributed by atoms with Crippen molar-refractivity contribution >= 4 is 5.97 Å². The van der Waals surface area contributed by atoms with E-state index in [2.05, 4.69) is 0 Å². The molecule has 0 unspecified atom stereocenters. The maximum atomic E-state index is 12.5. The maximum Gasteiger partial charge on any atom is 0.337 e. The van der Waals surface area contributed by atoms with Crippen molar-refractivity contribution in [1.82, 2.24) is 4.57 Å². The van der Waals surface area contributed by atoms with Gasteiger partial charge in [-0.3, -0.25) is 0 Å². The summed E-state index contributed by atoms with van der Waals surface area (Å²) in [5.74, 6) is -3.94. The van der Waals surface area contributed by atoms with Gasteiger partial charge in [-0.05, 0) is 6.07 Å². The minimum Gasteiger partial charge on any atom is -0.478 e. The summed E-state index contributed by atoms with van der Waals surface area (Å²) in [5.41, 5.74) is 0.0178. The van der Waals surface area contributed by atoms with Gasteiger partial charge < -0.3 is 9.67 Å². The zero-order valence-corrected chi connectivity index (χ0v) is 7.00. The number of alkyl halides is 2. The van der Waals surface area contributed by atoms with Crippen molar-refractivity contribution in [3.63, 3.8) is 0 Å². The summed E-state index contributed by atoms with van der Waals surface area (Å²) in [7, 11) is 0. The van der Waals surface area contributed by atoms with Gasteiger partial charge in [-0.1, -0.05) is 0 Å². The molecule has 3 nitrogen and oxygen atoms in total. The second-order valence-corrected chi connectivity index (χ2v) is 2.95. The highest BCUT2D eigenvalue weighted by molar-refractivity contribution is 5.87. The molecular weight excluding hydrogens is 180 g/mol. The van der Waals surface area contributed by atoms with Crippen molar-refractivity contribution in [1.29, 1.82) is 0 Å². The normalized spacial score (nSPS) is 11.6. The molecule has 1 N–H and O–H groups in total. The lowest BCUT2D eigenvalue weighted by atomic mass is 10.3. The van der Waals surface area contributed by atoms with Crippen LogP contribution >= 0.6 is 0 Å². The van der Waals surface area contributed by atoms with E-state index in [1.165, 1.54) is 18.5 Å². The molecule has 72 valence electrons. The molecule has 0 aliphatic heterocycles. The lowest BCUT2D eigenvalue weighted by Gasteiger charge is -2.10. The molecule has 1 heterocycles. The zero-order chi connectivity index (χ0) is 10.1. The lowest BCUT2D eigenvalue weighted by molar-refractivity contribution is 0.00393. The number of carboxylic acids is 1. The zero-order valence-electron chi connectivity index (χ0n) is 7.00. The Bertz CT molecular complexity index is 314. The molecule has 0 amide bonds. The van der Waals surface area contributed by atoms with Gasteiger partial charge in [0.05, 0.1) is 12.1 Å². The average molecular weight is 189 g/mol. The fourth-order valence-corrected chi connectivity index (χ4v) is 0.986. The van der Waals surface area contributed by atoms with E-state index in [1.54, 1.807) is 0 Å². The van der Waals surface area contributed by atoms with Crippen LogP contribution in [0.5, 0.6) is 0 Å². The molecule has 0 radical (unpaired) electrons. The Morgan fingerprint density at radius 2 is 2.31 bits per heavy atom. The monoisotopic (exact) mass is 189 g/mol. The standard InChI is InChI=1S/C8H9F2NO2/c1-8(9,10)5-11-3-2-6(4-11)7(12)13/h2-4H,5H2,1H3,(H,12,13). The number of hydrogen-bond acceptors (Lipinski definition) is 1. The highest BCUT2D eigenvalue weighted by Crippen LogP contribution is 2.15. The Morgan fingerprint density at radius 1 is 1.69 bits per heavy atom. The number of nitrogens with zero attached hydrogens (tertiary/aromatic N) is 1. The van der Waals surface area contributed by atoms with E-state index in [4.69, 9.17) is 5.11 Å². The highest BCUT2D eigenvalue weighted by Gasteiger charge is 2.21. The smallest absolute Gasteiger partial charge is 0.337 e. The van der Waals surface area contributed by atoms with E-state index in [-0.39, 0.29) is 5.56 Å². The van der Waals surface area contributed by atoms with Crippen molar-refractivity contribution in [3.05, 3.63) is 24.0 Å². The van der Waals surface area contributed by atoms with E-state index < -0.39 is 18.4 Å². The fourth-order valence-electron chi connectivity index (χ4n) is 0.986. The minimum absolute atomic E-state index is 0.0178. The highest BCUT2D eigenvalue weighted by atomic mass is 19.3. The summed E-state index contributed by atoms with van der Waals surface area (Å²) in [6.07, 6.45) is 2.50. The molecule has 13 heavy (non-hydrogen) atoms. The van der Waals surface area contributed by atoms with E-state index in [0.29, 0.717) is 0 Å². The van der Waals surface area contributed by atoms with Crippen LogP contribution in [0.3, 0.4) is 0 Å². The Balaban J connectivity index is 2.75. The molecule has 1 aromatic rings. The number of aromatic carboxylic acids is 1. The molecule has 5 heteroatoms. The predicted molar refractivity (Wildman–Crippen MR) is 42.0 cm³/mol. The van der Waals surface area contributed by atoms with Gasteiger partial charge >= 0.3 is 5.97 Å². The van der Waals surface area contributed by atoms with Gasteiger partial charge in [0.15, 0.2) is 0 Å². The molecule has 1 aromatic heterocycles. The minimum atomic E-state index is -2.82. The van der Waals surface area contributed by atoms with Crippen molar-refractivity contribution in [2.24, 2.45) is 0 Å². The summed E-state index contributed by atoms with van der Waals surface area (Å²) >= 11 is 0.